The number of hydrogen-bond donors (Lipinski definition) is 1. The maximum Gasteiger partial charge on any atom is 0.163 e. The van der Waals surface area contributed by atoms with E-state index in [-0.39, 0.29) is 11.5 Å². The van der Waals surface area contributed by atoms with E-state index in [1.807, 2.05) is 6.07 Å². The lowest BCUT2D eigenvalue weighted by Gasteiger charge is -2.06. The van der Waals surface area contributed by atoms with E-state index in [2.05, 4.69) is 13.8 Å². The molecule has 0 aliphatic heterocycles. The molecule has 2 nitrogen and oxygen atoms in total. The first kappa shape index (κ1) is 12.1. The highest BCUT2D eigenvalue weighted by molar-refractivity contribution is 7.99. The van der Waals surface area contributed by atoms with Crippen molar-refractivity contribution in [2.24, 2.45) is 5.92 Å². The van der Waals surface area contributed by atoms with Crippen molar-refractivity contribution in [3.8, 4) is 5.75 Å². The first-order valence-electron chi connectivity index (χ1n) is 4.97. The van der Waals surface area contributed by atoms with Gasteiger partial charge in [-0.25, -0.2) is 0 Å². The molecule has 0 heterocycles. The number of carbonyl (C=O) groups is 1. The van der Waals surface area contributed by atoms with Crippen molar-refractivity contribution >= 4 is 17.5 Å². The van der Waals surface area contributed by atoms with Gasteiger partial charge < -0.3 is 5.11 Å². The van der Waals surface area contributed by atoms with Gasteiger partial charge in [0.15, 0.2) is 5.78 Å². The van der Waals surface area contributed by atoms with E-state index < -0.39 is 0 Å². The number of thioether (sulfide) groups is 1. The van der Waals surface area contributed by atoms with Gasteiger partial charge in [-0.2, -0.15) is 0 Å². The fourth-order valence-corrected chi connectivity index (χ4v) is 2.05. The summed E-state index contributed by atoms with van der Waals surface area (Å²) in [4.78, 5) is 12.1. The molecule has 0 aliphatic carbocycles. The van der Waals surface area contributed by atoms with E-state index in [0.717, 1.165) is 10.6 Å². The lowest BCUT2D eigenvalue weighted by Crippen LogP contribution is -1.93. The number of phenols is 1. The van der Waals surface area contributed by atoms with Gasteiger partial charge in [0, 0.05) is 10.6 Å². The average Bonchev–Trinajstić information content (AvgIpc) is 2.14. The van der Waals surface area contributed by atoms with Crippen molar-refractivity contribution in [3.05, 3.63) is 23.8 Å². The Labute approximate surface area is 94.7 Å². The van der Waals surface area contributed by atoms with Crippen LogP contribution in [-0.4, -0.2) is 16.6 Å². The lowest BCUT2D eigenvalue weighted by molar-refractivity contribution is 0.101. The highest BCUT2D eigenvalue weighted by Gasteiger charge is 2.07. The van der Waals surface area contributed by atoms with Crippen molar-refractivity contribution in [2.75, 3.05) is 5.75 Å². The molecule has 0 unspecified atom stereocenters. The third-order valence-corrected chi connectivity index (χ3v) is 3.35. The Morgan fingerprint density at radius 1 is 1.47 bits per heavy atom. The summed E-state index contributed by atoms with van der Waals surface area (Å²) in [6, 6.07) is 5.22. The fraction of sp³-hybridized carbons (Fsp3) is 0.417. The van der Waals surface area contributed by atoms with Gasteiger partial charge >= 0.3 is 0 Å². The highest BCUT2D eigenvalue weighted by atomic mass is 32.2. The number of Topliss-reactive ketones (excluding diaryl/α,β-unsaturated/α-hetero) is 1. The highest BCUT2D eigenvalue weighted by Crippen LogP contribution is 2.27. The summed E-state index contributed by atoms with van der Waals surface area (Å²) in [6.07, 6.45) is 0. The van der Waals surface area contributed by atoms with Crippen LogP contribution in [0.1, 0.15) is 31.1 Å². The average molecular weight is 224 g/mol. The Balaban J connectivity index is 2.78. The third kappa shape index (κ3) is 3.59. The van der Waals surface area contributed by atoms with Crippen molar-refractivity contribution in [2.45, 2.75) is 25.7 Å². The SMILES string of the molecule is CC(=O)c1ccc(SCC(C)C)cc1O. The largest absolute Gasteiger partial charge is 0.507 e. The molecule has 3 heteroatoms. The van der Waals surface area contributed by atoms with Crippen LogP contribution < -0.4 is 0 Å². The van der Waals surface area contributed by atoms with Crippen LogP contribution in [0.3, 0.4) is 0 Å². The lowest BCUT2D eigenvalue weighted by atomic mass is 10.1. The van der Waals surface area contributed by atoms with Crippen LogP contribution in [0.2, 0.25) is 0 Å². The molecule has 1 aromatic rings. The summed E-state index contributed by atoms with van der Waals surface area (Å²) in [5.74, 6) is 1.60. The van der Waals surface area contributed by atoms with Gasteiger partial charge in [-0.3, -0.25) is 4.79 Å². The molecular formula is C12H16O2S. The molecule has 0 atom stereocenters. The maximum atomic E-state index is 11.1. The summed E-state index contributed by atoms with van der Waals surface area (Å²) >= 11 is 1.69. The molecule has 0 fully saturated rings. The van der Waals surface area contributed by atoms with Gasteiger partial charge in [-0.05, 0) is 31.0 Å². The molecule has 0 radical (unpaired) electrons. The molecule has 1 aromatic carbocycles. The second-order valence-corrected chi connectivity index (χ2v) is 5.03. The van der Waals surface area contributed by atoms with Gasteiger partial charge in [0.1, 0.15) is 5.75 Å². The molecular weight excluding hydrogens is 208 g/mol. The van der Waals surface area contributed by atoms with Gasteiger partial charge in [0.2, 0.25) is 0 Å². The van der Waals surface area contributed by atoms with Crippen molar-refractivity contribution in [1.82, 2.24) is 0 Å². The molecule has 0 spiro atoms. The minimum Gasteiger partial charge on any atom is -0.507 e. The third-order valence-electron chi connectivity index (χ3n) is 1.93. The van der Waals surface area contributed by atoms with E-state index in [0.29, 0.717) is 11.5 Å². The number of hydrogen-bond acceptors (Lipinski definition) is 3. The molecule has 15 heavy (non-hydrogen) atoms. The van der Waals surface area contributed by atoms with Gasteiger partial charge in [-0.15, -0.1) is 11.8 Å². The molecule has 0 aliphatic rings. The van der Waals surface area contributed by atoms with Gasteiger partial charge in [-0.1, -0.05) is 13.8 Å². The summed E-state index contributed by atoms with van der Waals surface area (Å²) in [6.45, 7) is 5.75. The molecule has 0 amide bonds. The predicted molar refractivity (Wildman–Crippen MR) is 63.7 cm³/mol. The van der Waals surface area contributed by atoms with Crippen LogP contribution in [0, 0.1) is 5.92 Å². The number of ketones is 1. The second-order valence-electron chi connectivity index (χ2n) is 3.94. The Bertz CT molecular complexity index is 359. The summed E-state index contributed by atoms with van der Waals surface area (Å²) in [7, 11) is 0. The minimum absolute atomic E-state index is 0.0799. The fourth-order valence-electron chi connectivity index (χ4n) is 1.16. The summed E-state index contributed by atoms with van der Waals surface area (Å²) < 4.78 is 0. The van der Waals surface area contributed by atoms with E-state index in [1.54, 1.807) is 23.9 Å². The Morgan fingerprint density at radius 2 is 2.13 bits per heavy atom. The van der Waals surface area contributed by atoms with Crippen LogP contribution in [0.5, 0.6) is 5.75 Å². The molecule has 1 rings (SSSR count). The van der Waals surface area contributed by atoms with Crippen LogP contribution >= 0.6 is 11.8 Å². The van der Waals surface area contributed by atoms with E-state index in [9.17, 15) is 9.90 Å². The second kappa shape index (κ2) is 5.21. The number of aromatic hydroxyl groups is 1. The van der Waals surface area contributed by atoms with Crippen molar-refractivity contribution in [1.29, 1.82) is 0 Å². The number of phenolic OH excluding ortho intramolecular Hbond substituents is 1. The van der Waals surface area contributed by atoms with Crippen LogP contribution in [0.25, 0.3) is 0 Å². The number of benzene rings is 1. The molecule has 0 aromatic heterocycles. The zero-order valence-corrected chi connectivity index (χ0v) is 10.1. The van der Waals surface area contributed by atoms with Crippen LogP contribution in [-0.2, 0) is 0 Å². The normalized spacial score (nSPS) is 10.7. The summed E-state index contributed by atoms with van der Waals surface area (Å²) in [5, 5.41) is 9.59. The zero-order valence-electron chi connectivity index (χ0n) is 9.28. The Kier molecular flexibility index (Phi) is 4.21. The minimum atomic E-state index is -0.104. The van der Waals surface area contributed by atoms with E-state index in [1.165, 1.54) is 6.92 Å². The predicted octanol–water partition coefficient (Wildman–Crippen LogP) is 3.34. The Morgan fingerprint density at radius 3 is 2.60 bits per heavy atom. The summed E-state index contributed by atoms with van der Waals surface area (Å²) in [5.41, 5.74) is 0.392. The zero-order chi connectivity index (χ0) is 11.4. The maximum absolute atomic E-state index is 11.1. The number of carbonyl (C=O) groups excluding carboxylic acids is 1. The van der Waals surface area contributed by atoms with Gasteiger partial charge in [0.05, 0.1) is 5.56 Å². The molecule has 0 saturated carbocycles. The van der Waals surface area contributed by atoms with Crippen LogP contribution in [0.15, 0.2) is 23.1 Å². The first-order valence-corrected chi connectivity index (χ1v) is 5.96. The quantitative estimate of drug-likeness (QED) is 0.629. The van der Waals surface area contributed by atoms with Crippen molar-refractivity contribution in [3.63, 3.8) is 0 Å². The van der Waals surface area contributed by atoms with E-state index in [4.69, 9.17) is 0 Å². The smallest absolute Gasteiger partial charge is 0.163 e. The first-order chi connectivity index (χ1) is 7.00. The molecule has 82 valence electrons. The molecule has 1 N–H and O–H groups in total. The monoisotopic (exact) mass is 224 g/mol. The van der Waals surface area contributed by atoms with E-state index >= 15 is 0 Å². The molecule has 0 saturated heterocycles. The topological polar surface area (TPSA) is 37.3 Å². The van der Waals surface area contributed by atoms with Crippen molar-refractivity contribution < 1.29 is 9.90 Å². The van der Waals surface area contributed by atoms with Gasteiger partial charge in [0.25, 0.3) is 0 Å². The van der Waals surface area contributed by atoms with Crippen LogP contribution in [0.4, 0.5) is 0 Å². The number of rotatable bonds is 4. The molecule has 0 bridgehead atoms. The Hall–Kier alpha value is -0.960. The standard InChI is InChI=1S/C12H16O2S/c1-8(2)7-15-10-4-5-11(9(3)13)12(14)6-10/h4-6,8,14H,7H2,1-3H3.